The molecule has 3 rings (SSSR count). The number of anilines is 1. The van der Waals surface area contributed by atoms with E-state index in [0.717, 1.165) is 17.0 Å². The molecule has 29 heavy (non-hydrogen) atoms. The van der Waals surface area contributed by atoms with E-state index in [1.807, 2.05) is 35.8 Å². The highest BCUT2D eigenvalue weighted by molar-refractivity contribution is 8.00. The van der Waals surface area contributed by atoms with E-state index in [0.29, 0.717) is 16.7 Å². The van der Waals surface area contributed by atoms with Crippen LogP contribution in [0.4, 0.5) is 5.82 Å². The molecule has 2 heterocycles. The smallest absolute Gasteiger partial charge is 0.238 e. The van der Waals surface area contributed by atoms with E-state index in [1.54, 1.807) is 13.0 Å². The molecule has 1 N–H and O–H groups in total. The SMILES string of the molecule is C=CCn1c(SC(C)C(=O)Nc2ncc(Cl)cc2Cl)nnc1-c1cccc(C)c1. The number of allylic oxidation sites excluding steroid dienone is 1. The molecular formula is C20H19Cl2N5OS. The van der Waals surface area contributed by atoms with E-state index < -0.39 is 5.25 Å². The Hall–Kier alpha value is -2.35. The molecule has 2 aromatic heterocycles. The first kappa shape index (κ1) is 21.4. The number of hydrogen-bond donors (Lipinski definition) is 1. The Morgan fingerprint density at radius 3 is 2.83 bits per heavy atom. The number of pyridine rings is 1. The minimum absolute atomic E-state index is 0.253. The minimum atomic E-state index is -0.457. The van der Waals surface area contributed by atoms with Gasteiger partial charge in [-0.15, -0.1) is 16.8 Å². The van der Waals surface area contributed by atoms with Crippen LogP contribution in [-0.4, -0.2) is 30.9 Å². The molecule has 1 aromatic carbocycles. The van der Waals surface area contributed by atoms with Gasteiger partial charge in [0.15, 0.2) is 16.8 Å². The van der Waals surface area contributed by atoms with E-state index in [9.17, 15) is 4.79 Å². The Kier molecular flexibility index (Phi) is 6.95. The van der Waals surface area contributed by atoms with Crippen LogP contribution in [0.1, 0.15) is 12.5 Å². The van der Waals surface area contributed by atoms with Crippen molar-refractivity contribution in [2.24, 2.45) is 0 Å². The zero-order valence-electron chi connectivity index (χ0n) is 15.9. The van der Waals surface area contributed by atoms with Crippen molar-refractivity contribution in [3.8, 4) is 11.4 Å². The first-order valence-corrected chi connectivity index (χ1v) is 10.4. The molecule has 0 bridgehead atoms. The Morgan fingerprint density at radius 1 is 1.34 bits per heavy atom. The topological polar surface area (TPSA) is 72.7 Å². The number of aryl methyl sites for hydroxylation is 1. The number of amides is 1. The summed E-state index contributed by atoms with van der Waals surface area (Å²) in [7, 11) is 0. The largest absolute Gasteiger partial charge is 0.308 e. The number of nitrogens with zero attached hydrogens (tertiary/aromatic N) is 4. The Bertz CT molecular complexity index is 1050. The van der Waals surface area contributed by atoms with Crippen LogP contribution < -0.4 is 5.32 Å². The molecule has 0 saturated heterocycles. The average molecular weight is 448 g/mol. The zero-order chi connectivity index (χ0) is 21.0. The third-order valence-corrected chi connectivity index (χ3v) is 5.58. The maximum atomic E-state index is 12.6. The summed E-state index contributed by atoms with van der Waals surface area (Å²) in [5, 5.41) is 12.2. The molecule has 0 aliphatic carbocycles. The molecule has 3 aromatic rings. The van der Waals surface area contributed by atoms with Crippen LogP contribution in [0.5, 0.6) is 0 Å². The van der Waals surface area contributed by atoms with Gasteiger partial charge in [0, 0.05) is 18.3 Å². The van der Waals surface area contributed by atoms with Gasteiger partial charge in [-0.25, -0.2) is 4.98 Å². The third kappa shape index (κ3) is 5.18. The van der Waals surface area contributed by atoms with Gasteiger partial charge in [0.05, 0.1) is 15.3 Å². The van der Waals surface area contributed by atoms with Gasteiger partial charge in [-0.05, 0) is 26.0 Å². The summed E-state index contributed by atoms with van der Waals surface area (Å²) in [6, 6.07) is 9.55. The van der Waals surface area contributed by atoms with Crippen molar-refractivity contribution in [2.75, 3.05) is 5.32 Å². The summed E-state index contributed by atoms with van der Waals surface area (Å²) in [6.07, 6.45) is 3.20. The Labute approximate surface area is 183 Å². The number of halogens is 2. The van der Waals surface area contributed by atoms with Crippen LogP contribution in [0, 0.1) is 6.92 Å². The lowest BCUT2D eigenvalue weighted by atomic mass is 10.1. The average Bonchev–Trinajstić information content (AvgIpc) is 3.06. The van der Waals surface area contributed by atoms with Crippen molar-refractivity contribution in [3.05, 3.63) is 64.8 Å². The normalized spacial score (nSPS) is 11.9. The van der Waals surface area contributed by atoms with Gasteiger partial charge >= 0.3 is 0 Å². The fourth-order valence-corrected chi connectivity index (χ4v) is 3.89. The lowest BCUT2D eigenvalue weighted by Gasteiger charge is -2.13. The standard InChI is InChI=1S/C20H19Cl2N5OS/c1-4-8-27-18(14-7-5-6-12(2)9-14)25-26-20(27)29-13(3)19(28)24-17-16(22)10-15(21)11-23-17/h4-7,9-11,13H,1,8H2,2-3H3,(H,23,24,28). The van der Waals surface area contributed by atoms with Crippen LogP contribution in [-0.2, 0) is 11.3 Å². The summed E-state index contributed by atoms with van der Waals surface area (Å²) in [6.45, 7) is 8.15. The second-order valence-corrected chi connectivity index (χ2v) is 8.46. The van der Waals surface area contributed by atoms with Gasteiger partial charge in [-0.1, -0.05) is 64.8 Å². The molecular weight excluding hydrogens is 429 g/mol. The van der Waals surface area contributed by atoms with Crippen molar-refractivity contribution in [2.45, 2.75) is 30.8 Å². The number of thioether (sulfide) groups is 1. The quantitative estimate of drug-likeness (QED) is 0.394. The van der Waals surface area contributed by atoms with Crippen LogP contribution in [0.25, 0.3) is 11.4 Å². The lowest BCUT2D eigenvalue weighted by molar-refractivity contribution is -0.115. The maximum absolute atomic E-state index is 12.6. The van der Waals surface area contributed by atoms with Crippen molar-refractivity contribution in [1.29, 1.82) is 0 Å². The fourth-order valence-electron chi connectivity index (χ4n) is 2.60. The van der Waals surface area contributed by atoms with Crippen LogP contribution in [0.3, 0.4) is 0 Å². The molecule has 1 amide bonds. The maximum Gasteiger partial charge on any atom is 0.238 e. The molecule has 0 spiro atoms. The Morgan fingerprint density at radius 2 is 2.14 bits per heavy atom. The van der Waals surface area contributed by atoms with E-state index >= 15 is 0 Å². The lowest BCUT2D eigenvalue weighted by Crippen LogP contribution is -2.23. The van der Waals surface area contributed by atoms with Crippen LogP contribution in [0.15, 0.2) is 54.3 Å². The molecule has 1 unspecified atom stereocenters. The second kappa shape index (κ2) is 9.43. The molecule has 0 radical (unpaired) electrons. The van der Waals surface area contributed by atoms with Crippen molar-refractivity contribution >= 4 is 46.7 Å². The monoisotopic (exact) mass is 447 g/mol. The van der Waals surface area contributed by atoms with Gasteiger partial charge in [-0.2, -0.15) is 0 Å². The first-order chi connectivity index (χ1) is 13.9. The molecule has 9 heteroatoms. The van der Waals surface area contributed by atoms with Crippen LogP contribution >= 0.6 is 35.0 Å². The highest BCUT2D eigenvalue weighted by Gasteiger charge is 2.21. The highest BCUT2D eigenvalue weighted by Crippen LogP contribution is 2.29. The predicted octanol–water partition coefficient (Wildman–Crippen LogP) is 5.26. The van der Waals surface area contributed by atoms with Gasteiger partial charge in [-0.3, -0.25) is 9.36 Å². The van der Waals surface area contributed by atoms with Crippen LogP contribution in [0.2, 0.25) is 10.0 Å². The zero-order valence-corrected chi connectivity index (χ0v) is 18.2. The number of nitrogens with one attached hydrogen (secondary N) is 1. The van der Waals surface area contributed by atoms with Gasteiger partial charge in [0.2, 0.25) is 5.91 Å². The molecule has 0 aliphatic heterocycles. The molecule has 150 valence electrons. The molecule has 1 atom stereocenters. The first-order valence-electron chi connectivity index (χ1n) is 8.78. The highest BCUT2D eigenvalue weighted by atomic mass is 35.5. The second-order valence-electron chi connectivity index (χ2n) is 6.31. The fraction of sp³-hybridized carbons (Fsp3) is 0.200. The van der Waals surface area contributed by atoms with Gasteiger partial charge < -0.3 is 5.32 Å². The summed E-state index contributed by atoms with van der Waals surface area (Å²) >= 11 is 13.2. The molecule has 0 aliphatic rings. The third-order valence-electron chi connectivity index (χ3n) is 4.01. The molecule has 0 fully saturated rings. The summed E-state index contributed by atoms with van der Waals surface area (Å²) < 4.78 is 1.93. The number of aromatic nitrogens is 4. The van der Waals surface area contributed by atoms with Crippen molar-refractivity contribution in [3.63, 3.8) is 0 Å². The minimum Gasteiger partial charge on any atom is -0.308 e. The van der Waals surface area contributed by atoms with Crippen molar-refractivity contribution in [1.82, 2.24) is 19.7 Å². The van der Waals surface area contributed by atoms with E-state index in [1.165, 1.54) is 24.0 Å². The summed E-state index contributed by atoms with van der Waals surface area (Å²) in [5.41, 5.74) is 2.09. The number of benzene rings is 1. The number of hydrogen-bond acceptors (Lipinski definition) is 5. The predicted molar refractivity (Wildman–Crippen MR) is 119 cm³/mol. The number of carbonyl (C=O) groups excluding carboxylic acids is 1. The van der Waals surface area contributed by atoms with E-state index in [-0.39, 0.29) is 16.7 Å². The number of rotatable bonds is 7. The van der Waals surface area contributed by atoms with E-state index in [2.05, 4.69) is 27.1 Å². The van der Waals surface area contributed by atoms with Crippen molar-refractivity contribution < 1.29 is 4.79 Å². The summed E-state index contributed by atoms with van der Waals surface area (Å²) in [5.74, 6) is 0.740. The molecule has 6 nitrogen and oxygen atoms in total. The number of carbonyl (C=O) groups is 1. The van der Waals surface area contributed by atoms with Gasteiger partial charge in [0.25, 0.3) is 0 Å². The Balaban J connectivity index is 1.80. The molecule has 0 saturated carbocycles. The van der Waals surface area contributed by atoms with E-state index in [4.69, 9.17) is 23.2 Å². The summed E-state index contributed by atoms with van der Waals surface area (Å²) in [4.78, 5) is 16.7. The van der Waals surface area contributed by atoms with Gasteiger partial charge in [0.1, 0.15) is 0 Å².